The summed E-state index contributed by atoms with van der Waals surface area (Å²) in [5.74, 6) is 1.27. The molecule has 0 N–H and O–H groups in total. The third kappa shape index (κ3) is 4.74. The lowest BCUT2D eigenvalue weighted by molar-refractivity contribution is 0.0976. The SMILES string of the molecule is C=C/C(=C/C)c1cc(Cl)ncc1C(=C)OC1CC(SS(=O)CC)C1. The predicted molar refractivity (Wildman–Crippen MR) is 106 cm³/mol. The van der Waals surface area contributed by atoms with Crippen LogP contribution in [0.1, 0.15) is 37.8 Å². The highest BCUT2D eigenvalue weighted by Crippen LogP contribution is 2.38. The van der Waals surface area contributed by atoms with Gasteiger partial charge in [0.2, 0.25) is 0 Å². The summed E-state index contributed by atoms with van der Waals surface area (Å²) in [5, 5.41) is 0.829. The van der Waals surface area contributed by atoms with Crippen LogP contribution in [0.5, 0.6) is 0 Å². The minimum Gasteiger partial charge on any atom is -0.490 e. The molecule has 0 amide bonds. The van der Waals surface area contributed by atoms with Gasteiger partial charge in [-0.1, -0.05) is 54.6 Å². The maximum absolute atomic E-state index is 11.6. The van der Waals surface area contributed by atoms with Crippen LogP contribution in [0.2, 0.25) is 5.15 Å². The number of pyridine rings is 1. The molecule has 0 saturated heterocycles. The monoisotopic (exact) mass is 383 g/mol. The Morgan fingerprint density at radius 1 is 1.54 bits per heavy atom. The Morgan fingerprint density at radius 2 is 2.25 bits per heavy atom. The second-order valence-corrected chi connectivity index (χ2v) is 9.57. The van der Waals surface area contributed by atoms with Crippen LogP contribution in [-0.2, 0) is 14.6 Å². The van der Waals surface area contributed by atoms with Crippen LogP contribution in [0.25, 0.3) is 11.3 Å². The standard InChI is InChI=1S/C18H22ClNO2S2/c1-5-13(6-2)16-10-18(19)20-11-17(16)12(4)22-14-8-15(9-14)23-24(21)7-3/h5-6,10-11,14-15H,1,4,7-9H2,2-3H3/b13-6-. The summed E-state index contributed by atoms with van der Waals surface area (Å²) >= 11 is 6.03. The van der Waals surface area contributed by atoms with E-state index in [1.807, 2.05) is 19.9 Å². The number of halogens is 1. The van der Waals surface area contributed by atoms with Gasteiger partial charge >= 0.3 is 0 Å². The smallest absolute Gasteiger partial charge is 0.129 e. The molecule has 1 fully saturated rings. The molecule has 1 unspecified atom stereocenters. The fourth-order valence-corrected chi connectivity index (χ4v) is 5.43. The molecule has 0 spiro atoms. The summed E-state index contributed by atoms with van der Waals surface area (Å²) in [6, 6.07) is 1.80. The molecule has 1 aliphatic carbocycles. The summed E-state index contributed by atoms with van der Waals surface area (Å²) in [7, 11) is 0.752. The zero-order valence-electron chi connectivity index (χ0n) is 14.0. The van der Waals surface area contributed by atoms with Crippen LogP contribution in [0.3, 0.4) is 0 Å². The van der Waals surface area contributed by atoms with Crippen molar-refractivity contribution in [2.24, 2.45) is 0 Å². The van der Waals surface area contributed by atoms with Crippen molar-refractivity contribution in [1.29, 1.82) is 0 Å². The van der Waals surface area contributed by atoms with Crippen LogP contribution in [0, 0.1) is 0 Å². The van der Waals surface area contributed by atoms with Gasteiger partial charge in [-0.3, -0.25) is 0 Å². The highest BCUT2D eigenvalue weighted by molar-refractivity contribution is 8.69. The number of allylic oxidation sites excluding steroid dienone is 3. The van der Waals surface area contributed by atoms with Gasteiger partial charge in [-0.2, -0.15) is 0 Å². The maximum atomic E-state index is 11.6. The second-order valence-electron chi connectivity index (χ2n) is 5.45. The van der Waals surface area contributed by atoms with E-state index in [1.165, 1.54) is 0 Å². The van der Waals surface area contributed by atoms with Crippen molar-refractivity contribution in [2.75, 3.05) is 5.75 Å². The van der Waals surface area contributed by atoms with Crippen LogP contribution in [0.4, 0.5) is 0 Å². The number of aromatic nitrogens is 1. The molecule has 0 radical (unpaired) electrons. The molecule has 1 aliphatic rings. The normalized spacial score (nSPS) is 21.7. The third-order valence-electron chi connectivity index (χ3n) is 3.85. The number of ether oxygens (including phenoxy) is 1. The van der Waals surface area contributed by atoms with Gasteiger partial charge in [0, 0.05) is 22.8 Å². The van der Waals surface area contributed by atoms with Crippen LogP contribution >= 0.6 is 22.4 Å². The Kier molecular flexibility index (Phi) is 7.14. The minimum absolute atomic E-state index is 0.116. The van der Waals surface area contributed by atoms with Gasteiger partial charge in [0.05, 0.1) is 9.83 Å². The second kappa shape index (κ2) is 8.88. The zero-order chi connectivity index (χ0) is 17.7. The summed E-state index contributed by atoms with van der Waals surface area (Å²) in [5.41, 5.74) is 2.69. The van der Waals surface area contributed by atoms with E-state index in [0.29, 0.717) is 21.9 Å². The molecule has 130 valence electrons. The first-order valence-corrected chi connectivity index (χ1v) is 10.9. The van der Waals surface area contributed by atoms with Crippen molar-refractivity contribution in [3.8, 4) is 0 Å². The Bertz CT molecular complexity index is 682. The Morgan fingerprint density at radius 3 is 2.83 bits per heavy atom. The largest absolute Gasteiger partial charge is 0.490 e. The van der Waals surface area contributed by atoms with Crippen LogP contribution in [0.15, 0.2) is 37.6 Å². The zero-order valence-corrected chi connectivity index (χ0v) is 16.3. The molecule has 1 aromatic rings. The Hall–Kier alpha value is -1.04. The first-order valence-electron chi connectivity index (χ1n) is 7.84. The van der Waals surface area contributed by atoms with Gasteiger partial charge in [-0.25, -0.2) is 9.19 Å². The number of rotatable bonds is 8. The Balaban J connectivity index is 2.04. The average molecular weight is 384 g/mol. The topological polar surface area (TPSA) is 39.2 Å². The molecule has 3 nitrogen and oxygen atoms in total. The predicted octanol–water partition coefficient (Wildman–Crippen LogP) is 5.26. The van der Waals surface area contributed by atoms with Crippen LogP contribution in [-0.4, -0.2) is 26.3 Å². The van der Waals surface area contributed by atoms with Crippen molar-refractivity contribution < 1.29 is 8.95 Å². The molecule has 1 heterocycles. The maximum Gasteiger partial charge on any atom is 0.129 e. The lowest BCUT2D eigenvalue weighted by atomic mass is 9.94. The van der Waals surface area contributed by atoms with Gasteiger partial charge in [0.1, 0.15) is 17.0 Å². The first-order chi connectivity index (χ1) is 11.5. The Labute approximate surface area is 155 Å². The van der Waals surface area contributed by atoms with E-state index in [0.717, 1.165) is 29.5 Å². The summed E-state index contributed by atoms with van der Waals surface area (Å²) in [6.07, 6.45) is 7.33. The van der Waals surface area contributed by atoms with E-state index in [-0.39, 0.29) is 6.10 Å². The van der Waals surface area contributed by atoms with Gasteiger partial charge in [0.15, 0.2) is 0 Å². The van der Waals surface area contributed by atoms with Crippen molar-refractivity contribution in [3.63, 3.8) is 0 Å². The fourth-order valence-electron chi connectivity index (χ4n) is 2.45. The molecule has 2 rings (SSSR count). The van der Waals surface area contributed by atoms with E-state index in [1.54, 1.807) is 29.1 Å². The first kappa shape index (κ1) is 19.3. The van der Waals surface area contributed by atoms with E-state index in [4.69, 9.17) is 16.3 Å². The summed E-state index contributed by atoms with van der Waals surface area (Å²) in [4.78, 5) is 4.15. The van der Waals surface area contributed by atoms with E-state index < -0.39 is 9.83 Å². The van der Waals surface area contributed by atoms with E-state index in [9.17, 15) is 4.21 Å². The van der Waals surface area contributed by atoms with Crippen LogP contribution < -0.4 is 0 Å². The van der Waals surface area contributed by atoms with Crippen molar-refractivity contribution in [2.45, 2.75) is 38.0 Å². The van der Waals surface area contributed by atoms with Crippen molar-refractivity contribution >= 4 is 43.6 Å². The summed E-state index contributed by atoms with van der Waals surface area (Å²) in [6.45, 7) is 11.8. The highest BCUT2D eigenvalue weighted by Gasteiger charge is 2.33. The summed E-state index contributed by atoms with van der Waals surface area (Å²) < 4.78 is 17.5. The lowest BCUT2D eigenvalue weighted by Gasteiger charge is -2.35. The molecule has 0 bridgehead atoms. The quantitative estimate of drug-likeness (QED) is 0.265. The van der Waals surface area contributed by atoms with Gasteiger partial charge in [-0.05, 0) is 37.0 Å². The molecule has 1 saturated carbocycles. The molecule has 24 heavy (non-hydrogen) atoms. The van der Waals surface area contributed by atoms with Gasteiger partial charge in [-0.15, -0.1) is 0 Å². The lowest BCUT2D eigenvalue weighted by Crippen LogP contribution is -2.33. The third-order valence-corrected chi connectivity index (χ3v) is 7.57. The van der Waals surface area contributed by atoms with Gasteiger partial charge < -0.3 is 4.74 Å². The average Bonchev–Trinajstić information content (AvgIpc) is 2.53. The van der Waals surface area contributed by atoms with E-state index >= 15 is 0 Å². The number of nitrogens with zero attached hydrogens (tertiary/aromatic N) is 1. The molecule has 1 atom stereocenters. The molecule has 1 aromatic heterocycles. The number of hydrogen-bond donors (Lipinski definition) is 0. The molecule has 0 aromatic carbocycles. The number of hydrogen-bond acceptors (Lipinski definition) is 4. The molecular formula is C18H22ClNO2S2. The molecule has 6 heteroatoms. The highest BCUT2D eigenvalue weighted by atomic mass is 35.5. The van der Waals surface area contributed by atoms with Gasteiger partial charge in [0.25, 0.3) is 0 Å². The van der Waals surface area contributed by atoms with Crippen molar-refractivity contribution in [3.05, 3.63) is 53.9 Å². The fraction of sp³-hybridized carbons (Fsp3) is 0.389. The van der Waals surface area contributed by atoms with Crippen molar-refractivity contribution in [1.82, 2.24) is 4.98 Å². The molecular weight excluding hydrogens is 362 g/mol. The minimum atomic E-state index is -0.789. The molecule has 0 aliphatic heterocycles. The van der Waals surface area contributed by atoms with E-state index in [2.05, 4.69) is 18.1 Å².